The molecular formula is C16H15BrFNO. The number of hydrogen-bond donors (Lipinski definition) is 1. The second kappa shape index (κ2) is 5.75. The van der Waals surface area contributed by atoms with E-state index in [1.165, 1.54) is 18.2 Å². The third kappa shape index (κ3) is 3.07. The smallest absolute Gasteiger partial charge is 0.255 e. The zero-order chi connectivity index (χ0) is 14.9. The largest absolute Gasteiger partial charge is 0.322 e. The second-order valence-corrected chi connectivity index (χ2v) is 5.63. The molecule has 1 N–H and O–H groups in total. The SMILES string of the molecule is Cc1cc(F)ccc1C(=O)Nc1cc(C)c(Br)c(C)c1. The summed E-state index contributed by atoms with van der Waals surface area (Å²) in [6.07, 6.45) is 0. The number of carbonyl (C=O) groups is 1. The molecule has 0 atom stereocenters. The van der Waals surface area contributed by atoms with Gasteiger partial charge in [-0.25, -0.2) is 4.39 Å². The number of benzene rings is 2. The molecule has 0 saturated carbocycles. The summed E-state index contributed by atoms with van der Waals surface area (Å²) in [7, 11) is 0. The highest BCUT2D eigenvalue weighted by atomic mass is 79.9. The molecule has 0 aliphatic rings. The van der Waals surface area contributed by atoms with Gasteiger partial charge in [0.15, 0.2) is 0 Å². The van der Waals surface area contributed by atoms with E-state index in [0.29, 0.717) is 11.1 Å². The first-order chi connectivity index (χ1) is 9.38. The number of carbonyl (C=O) groups excluding carboxylic acids is 1. The Balaban J connectivity index is 2.28. The third-order valence-electron chi connectivity index (χ3n) is 3.13. The van der Waals surface area contributed by atoms with Gasteiger partial charge >= 0.3 is 0 Å². The summed E-state index contributed by atoms with van der Waals surface area (Å²) in [5.41, 5.74) is 3.93. The van der Waals surface area contributed by atoms with E-state index >= 15 is 0 Å². The van der Waals surface area contributed by atoms with E-state index in [4.69, 9.17) is 0 Å². The van der Waals surface area contributed by atoms with Crippen LogP contribution in [-0.4, -0.2) is 5.91 Å². The van der Waals surface area contributed by atoms with Crippen LogP contribution in [0, 0.1) is 26.6 Å². The number of rotatable bonds is 2. The van der Waals surface area contributed by atoms with Crippen LogP contribution in [0.5, 0.6) is 0 Å². The predicted octanol–water partition coefficient (Wildman–Crippen LogP) is 4.77. The van der Waals surface area contributed by atoms with E-state index in [1.807, 2.05) is 26.0 Å². The Morgan fingerprint density at radius 2 is 1.65 bits per heavy atom. The maximum absolute atomic E-state index is 13.1. The van der Waals surface area contributed by atoms with Crippen molar-refractivity contribution < 1.29 is 9.18 Å². The summed E-state index contributed by atoms with van der Waals surface area (Å²) < 4.78 is 14.1. The molecule has 0 heterocycles. The lowest BCUT2D eigenvalue weighted by molar-refractivity contribution is 0.102. The normalized spacial score (nSPS) is 10.4. The Morgan fingerprint density at radius 1 is 1.05 bits per heavy atom. The van der Waals surface area contributed by atoms with E-state index in [0.717, 1.165) is 21.3 Å². The molecule has 0 aromatic heterocycles. The van der Waals surface area contributed by atoms with Crippen molar-refractivity contribution in [2.24, 2.45) is 0 Å². The van der Waals surface area contributed by atoms with Crippen molar-refractivity contribution in [2.75, 3.05) is 5.32 Å². The molecule has 2 aromatic rings. The standard InChI is InChI=1S/C16H15BrFNO/c1-9-6-12(18)4-5-14(9)16(20)19-13-7-10(2)15(17)11(3)8-13/h4-8H,1-3H3,(H,19,20). The van der Waals surface area contributed by atoms with Gasteiger partial charge in [-0.1, -0.05) is 15.9 Å². The van der Waals surface area contributed by atoms with E-state index in [2.05, 4.69) is 21.2 Å². The first-order valence-electron chi connectivity index (χ1n) is 6.22. The Morgan fingerprint density at radius 3 is 2.20 bits per heavy atom. The highest BCUT2D eigenvalue weighted by Crippen LogP contribution is 2.25. The zero-order valence-corrected chi connectivity index (χ0v) is 13.1. The minimum Gasteiger partial charge on any atom is -0.322 e. The quantitative estimate of drug-likeness (QED) is 0.841. The van der Waals surface area contributed by atoms with E-state index < -0.39 is 0 Å². The van der Waals surface area contributed by atoms with Gasteiger partial charge in [-0.15, -0.1) is 0 Å². The molecule has 20 heavy (non-hydrogen) atoms. The van der Waals surface area contributed by atoms with Crippen LogP contribution in [0.3, 0.4) is 0 Å². The fourth-order valence-electron chi connectivity index (χ4n) is 2.10. The average Bonchev–Trinajstić information content (AvgIpc) is 2.35. The molecule has 0 bridgehead atoms. The van der Waals surface area contributed by atoms with Crippen molar-refractivity contribution in [2.45, 2.75) is 20.8 Å². The van der Waals surface area contributed by atoms with Crippen molar-refractivity contribution in [3.8, 4) is 0 Å². The third-order valence-corrected chi connectivity index (χ3v) is 4.38. The molecule has 2 aromatic carbocycles. The molecule has 0 spiro atoms. The predicted molar refractivity (Wildman–Crippen MR) is 82.7 cm³/mol. The van der Waals surface area contributed by atoms with Crippen LogP contribution in [0.2, 0.25) is 0 Å². The van der Waals surface area contributed by atoms with Crippen LogP contribution in [-0.2, 0) is 0 Å². The topological polar surface area (TPSA) is 29.1 Å². The number of nitrogens with one attached hydrogen (secondary N) is 1. The van der Waals surface area contributed by atoms with Crippen molar-refractivity contribution in [1.82, 2.24) is 0 Å². The molecule has 1 amide bonds. The zero-order valence-electron chi connectivity index (χ0n) is 11.6. The maximum Gasteiger partial charge on any atom is 0.255 e. The minimum atomic E-state index is -0.339. The van der Waals surface area contributed by atoms with Crippen LogP contribution >= 0.6 is 15.9 Å². The van der Waals surface area contributed by atoms with Crippen LogP contribution in [0.25, 0.3) is 0 Å². The Kier molecular flexibility index (Phi) is 4.23. The molecule has 0 saturated heterocycles. The minimum absolute atomic E-state index is 0.233. The van der Waals surface area contributed by atoms with Crippen LogP contribution in [0.1, 0.15) is 27.0 Å². The van der Waals surface area contributed by atoms with Gasteiger partial charge in [0.05, 0.1) is 0 Å². The van der Waals surface area contributed by atoms with Gasteiger partial charge in [0, 0.05) is 15.7 Å². The number of amides is 1. The Hall–Kier alpha value is -1.68. The lowest BCUT2D eigenvalue weighted by atomic mass is 10.1. The summed E-state index contributed by atoms with van der Waals surface area (Å²) in [6.45, 7) is 5.65. The van der Waals surface area contributed by atoms with Crippen LogP contribution < -0.4 is 5.32 Å². The summed E-state index contributed by atoms with van der Waals surface area (Å²) in [6, 6.07) is 7.94. The number of aryl methyl sites for hydroxylation is 3. The molecule has 0 unspecified atom stereocenters. The van der Waals surface area contributed by atoms with E-state index in [1.54, 1.807) is 6.92 Å². The summed E-state index contributed by atoms with van der Waals surface area (Å²) >= 11 is 3.49. The number of halogens is 2. The van der Waals surface area contributed by atoms with Gasteiger partial charge in [0.2, 0.25) is 0 Å². The molecular weight excluding hydrogens is 321 g/mol. The van der Waals surface area contributed by atoms with Gasteiger partial charge in [-0.05, 0) is 67.8 Å². The van der Waals surface area contributed by atoms with Crippen molar-refractivity contribution in [3.05, 3.63) is 62.9 Å². The van der Waals surface area contributed by atoms with E-state index in [-0.39, 0.29) is 11.7 Å². The maximum atomic E-state index is 13.1. The molecule has 2 rings (SSSR count). The van der Waals surface area contributed by atoms with Crippen molar-refractivity contribution in [1.29, 1.82) is 0 Å². The average molecular weight is 336 g/mol. The van der Waals surface area contributed by atoms with Crippen LogP contribution in [0.4, 0.5) is 10.1 Å². The molecule has 4 heteroatoms. The highest BCUT2D eigenvalue weighted by Gasteiger charge is 2.11. The van der Waals surface area contributed by atoms with Gasteiger partial charge < -0.3 is 5.32 Å². The molecule has 2 nitrogen and oxygen atoms in total. The van der Waals surface area contributed by atoms with Crippen molar-refractivity contribution in [3.63, 3.8) is 0 Å². The Bertz CT molecular complexity index is 659. The number of hydrogen-bond acceptors (Lipinski definition) is 1. The molecule has 0 aliphatic heterocycles. The monoisotopic (exact) mass is 335 g/mol. The van der Waals surface area contributed by atoms with E-state index in [9.17, 15) is 9.18 Å². The first kappa shape index (κ1) is 14.7. The summed E-state index contributed by atoms with van der Waals surface area (Å²) in [5.74, 6) is -0.571. The highest BCUT2D eigenvalue weighted by molar-refractivity contribution is 9.10. The second-order valence-electron chi connectivity index (χ2n) is 4.84. The lowest BCUT2D eigenvalue weighted by Gasteiger charge is -2.11. The summed E-state index contributed by atoms with van der Waals surface area (Å²) in [4.78, 5) is 12.2. The van der Waals surface area contributed by atoms with Gasteiger partial charge in [-0.2, -0.15) is 0 Å². The van der Waals surface area contributed by atoms with Gasteiger partial charge in [0.25, 0.3) is 5.91 Å². The molecule has 0 aliphatic carbocycles. The Labute approximate surface area is 126 Å². The fraction of sp³-hybridized carbons (Fsp3) is 0.188. The molecule has 104 valence electrons. The lowest BCUT2D eigenvalue weighted by Crippen LogP contribution is -2.13. The van der Waals surface area contributed by atoms with Crippen molar-refractivity contribution >= 4 is 27.5 Å². The van der Waals surface area contributed by atoms with Crippen LogP contribution in [0.15, 0.2) is 34.8 Å². The first-order valence-corrected chi connectivity index (χ1v) is 7.02. The summed E-state index contributed by atoms with van der Waals surface area (Å²) in [5, 5.41) is 2.85. The van der Waals surface area contributed by atoms with Gasteiger partial charge in [0.1, 0.15) is 5.82 Å². The molecule has 0 fully saturated rings. The number of anilines is 1. The fourth-order valence-corrected chi connectivity index (χ4v) is 2.33. The molecule has 0 radical (unpaired) electrons. The van der Waals surface area contributed by atoms with Gasteiger partial charge in [-0.3, -0.25) is 4.79 Å².